The molecule has 2 rings (SSSR count). The topological polar surface area (TPSA) is 95.9 Å². The van der Waals surface area contributed by atoms with Crippen LogP contribution in [0.4, 0.5) is 0 Å². The highest BCUT2D eigenvalue weighted by molar-refractivity contribution is 5.83. The number of carbonyl (C=O) groups excluding carboxylic acids is 1. The molecular formula is C12H19NO5. The van der Waals surface area contributed by atoms with E-state index in [0.29, 0.717) is 19.3 Å². The van der Waals surface area contributed by atoms with Crippen LogP contribution in [-0.2, 0) is 14.3 Å². The first-order valence-electron chi connectivity index (χ1n) is 6.19. The minimum Gasteiger partial charge on any atom is -0.479 e. The third-order valence-corrected chi connectivity index (χ3v) is 4.12. The summed E-state index contributed by atoms with van der Waals surface area (Å²) in [5.41, 5.74) is -0.333. The van der Waals surface area contributed by atoms with Gasteiger partial charge in [-0.2, -0.15) is 0 Å². The highest BCUT2D eigenvalue weighted by atomic mass is 16.5. The number of aliphatic hydroxyl groups excluding tert-OH is 1. The molecule has 6 nitrogen and oxygen atoms in total. The van der Waals surface area contributed by atoms with Crippen LogP contribution in [0.25, 0.3) is 0 Å². The largest absolute Gasteiger partial charge is 0.479 e. The lowest BCUT2D eigenvalue weighted by molar-refractivity contribution is -0.153. The SMILES string of the molecule is CC1(C)C(O)CC1NC(=O)[C@@H]1CC[C@H](C(=O)O)O1. The monoisotopic (exact) mass is 257 g/mol. The summed E-state index contributed by atoms with van der Waals surface area (Å²) in [6.45, 7) is 3.78. The third kappa shape index (κ3) is 2.22. The van der Waals surface area contributed by atoms with Crippen LogP contribution in [0.1, 0.15) is 33.1 Å². The van der Waals surface area contributed by atoms with E-state index in [2.05, 4.69) is 5.32 Å². The zero-order chi connectivity index (χ0) is 13.5. The molecule has 1 saturated heterocycles. The molecule has 1 heterocycles. The van der Waals surface area contributed by atoms with Crippen molar-refractivity contribution in [1.29, 1.82) is 0 Å². The van der Waals surface area contributed by atoms with Crippen molar-refractivity contribution in [3.63, 3.8) is 0 Å². The fourth-order valence-electron chi connectivity index (χ4n) is 2.42. The molecule has 0 spiro atoms. The van der Waals surface area contributed by atoms with Gasteiger partial charge in [-0.3, -0.25) is 4.79 Å². The minimum atomic E-state index is -1.02. The van der Waals surface area contributed by atoms with Crippen molar-refractivity contribution in [3.05, 3.63) is 0 Å². The zero-order valence-corrected chi connectivity index (χ0v) is 10.5. The molecule has 0 radical (unpaired) electrons. The van der Waals surface area contributed by atoms with E-state index in [9.17, 15) is 14.7 Å². The van der Waals surface area contributed by atoms with E-state index in [1.54, 1.807) is 0 Å². The van der Waals surface area contributed by atoms with E-state index in [1.165, 1.54) is 0 Å². The summed E-state index contributed by atoms with van der Waals surface area (Å²) in [6, 6.07) is -0.0764. The Balaban J connectivity index is 1.85. The number of nitrogens with one attached hydrogen (secondary N) is 1. The number of ether oxygens (including phenoxy) is 1. The predicted molar refractivity (Wildman–Crippen MR) is 61.9 cm³/mol. The van der Waals surface area contributed by atoms with Crippen molar-refractivity contribution < 1.29 is 24.5 Å². The molecule has 0 aromatic heterocycles. The van der Waals surface area contributed by atoms with Gasteiger partial charge in [0.15, 0.2) is 6.10 Å². The summed E-state index contributed by atoms with van der Waals surface area (Å²) in [5, 5.41) is 21.2. The van der Waals surface area contributed by atoms with E-state index < -0.39 is 24.3 Å². The Morgan fingerprint density at radius 3 is 2.33 bits per heavy atom. The number of rotatable bonds is 3. The second-order valence-corrected chi connectivity index (χ2v) is 5.66. The van der Waals surface area contributed by atoms with Crippen LogP contribution < -0.4 is 5.32 Å². The van der Waals surface area contributed by atoms with Crippen LogP contribution in [0.2, 0.25) is 0 Å². The summed E-state index contributed by atoms with van der Waals surface area (Å²) >= 11 is 0. The lowest BCUT2D eigenvalue weighted by atomic mass is 9.64. The summed E-state index contributed by atoms with van der Waals surface area (Å²) in [5.74, 6) is -1.30. The molecule has 4 atom stereocenters. The summed E-state index contributed by atoms with van der Waals surface area (Å²) in [7, 11) is 0. The van der Waals surface area contributed by atoms with Crippen LogP contribution in [0.3, 0.4) is 0 Å². The fraction of sp³-hybridized carbons (Fsp3) is 0.833. The van der Waals surface area contributed by atoms with Gasteiger partial charge < -0.3 is 20.3 Å². The molecule has 0 aromatic carbocycles. The van der Waals surface area contributed by atoms with E-state index in [0.717, 1.165) is 0 Å². The molecular weight excluding hydrogens is 238 g/mol. The van der Waals surface area contributed by atoms with Crippen molar-refractivity contribution >= 4 is 11.9 Å². The van der Waals surface area contributed by atoms with Gasteiger partial charge in [-0.05, 0) is 19.3 Å². The van der Waals surface area contributed by atoms with E-state index >= 15 is 0 Å². The Morgan fingerprint density at radius 1 is 1.28 bits per heavy atom. The Hall–Kier alpha value is -1.14. The maximum Gasteiger partial charge on any atom is 0.332 e. The van der Waals surface area contributed by atoms with Gasteiger partial charge in [-0.15, -0.1) is 0 Å². The van der Waals surface area contributed by atoms with Gasteiger partial charge in [0.1, 0.15) is 6.10 Å². The van der Waals surface area contributed by atoms with Crippen molar-refractivity contribution in [2.24, 2.45) is 5.41 Å². The number of hydrogen-bond acceptors (Lipinski definition) is 4. The van der Waals surface area contributed by atoms with Crippen LogP contribution in [0.5, 0.6) is 0 Å². The Morgan fingerprint density at radius 2 is 1.89 bits per heavy atom. The molecule has 1 aliphatic heterocycles. The normalized spacial score (nSPS) is 37.9. The number of aliphatic hydroxyl groups is 1. The Labute approximate surface area is 105 Å². The molecule has 1 aliphatic carbocycles. The first kappa shape index (κ1) is 13.3. The smallest absolute Gasteiger partial charge is 0.332 e. The number of amides is 1. The van der Waals surface area contributed by atoms with Gasteiger partial charge in [-0.1, -0.05) is 13.8 Å². The van der Waals surface area contributed by atoms with E-state index in [1.807, 2.05) is 13.8 Å². The standard InChI is InChI=1S/C12H19NO5/c1-12(2)8(5-9(12)14)13-10(15)6-3-4-7(18-6)11(16)17/h6-9,14H,3-5H2,1-2H3,(H,13,15)(H,16,17)/t6-,7+,8?,9?/m0/s1. The zero-order valence-electron chi connectivity index (χ0n) is 10.5. The highest BCUT2D eigenvalue weighted by Gasteiger charge is 2.49. The second kappa shape index (κ2) is 4.51. The fourth-order valence-corrected chi connectivity index (χ4v) is 2.42. The summed E-state index contributed by atoms with van der Waals surface area (Å²) in [4.78, 5) is 22.6. The lowest BCUT2D eigenvalue weighted by Gasteiger charge is -2.49. The molecule has 1 saturated carbocycles. The average molecular weight is 257 g/mol. The van der Waals surface area contributed by atoms with Crippen LogP contribution in [0, 0.1) is 5.41 Å². The van der Waals surface area contributed by atoms with Gasteiger partial charge >= 0.3 is 5.97 Å². The number of hydrogen-bond donors (Lipinski definition) is 3. The Kier molecular flexibility index (Phi) is 3.33. The van der Waals surface area contributed by atoms with Gasteiger partial charge in [0.2, 0.25) is 5.91 Å². The molecule has 2 unspecified atom stereocenters. The summed E-state index contributed by atoms with van der Waals surface area (Å²) in [6.07, 6.45) is -0.629. The molecule has 2 fully saturated rings. The van der Waals surface area contributed by atoms with Crippen molar-refractivity contribution in [2.75, 3.05) is 0 Å². The molecule has 3 N–H and O–H groups in total. The number of carbonyl (C=O) groups is 2. The van der Waals surface area contributed by atoms with Gasteiger partial charge in [0, 0.05) is 11.5 Å². The highest BCUT2D eigenvalue weighted by Crippen LogP contribution is 2.40. The van der Waals surface area contributed by atoms with Crippen molar-refractivity contribution in [3.8, 4) is 0 Å². The van der Waals surface area contributed by atoms with Crippen LogP contribution in [-0.4, -0.2) is 46.4 Å². The molecule has 102 valence electrons. The van der Waals surface area contributed by atoms with Gasteiger partial charge in [0.05, 0.1) is 6.10 Å². The average Bonchev–Trinajstić information content (AvgIpc) is 2.78. The number of aliphatic carboxylic acids is 1. The van der Waals surface area contributed by atoms with Gasteiger partial charge in [0.25, 0.3) is 0 Å². The minimum absolute atomic E-state index is 0.0764. The maximum absolute atomic E-state index is 11.9. The maximum atomic E-state index is 11.9. The molecule has 0 bridgehead atoms. The molecule has 2 aliphatic rings. The predicted octanol–water partition coefficient (Wildman–Crippen LogP) is -0.106. The lowest BCUT2D eigenvalue weighted by Crippen LogP contribution is -2.62. The van der Waals surface area contributed by atoms with Crippen LogP contribution in [0.15, 0.2) is 0 Å². The molecule has 0 aromatic rings. The number of carboxylic acids is 1. The first-order valence-corrected chi connectivity index (χ1v) is 6.19. The van der Waals surface area contributed by atoms with Crippen molar-refractivity contribution in [1.82, 2.24) is 5.32 Å². The second-order valence-electron chi connectivity index (χ2n) is 5.66. The van der Waals surface area contributed by atoms with Gasteiger partial charge in [-0.25, -0.2) is 4.79 Å². The molecule has 18 heavy (non-hydrogen) atoms. The molecule has 1 amide bonds. The first-order chi connectivity index (χ1) is 8.32. The molecule has 6 heteroatoms. The van der Waals surface area contributed by atoms with E-state index in [4.69, 9.17) is 9.84 Å². The number of carboxylic acid groups (broad SMARTS) is 1. The Bertz CT molecular complexity index is 367. The summed E-state index contributed by atoms with van der Waals surface area (Å²) < 4.78 is 5.18. The quantitative estimate of drug-likeness (QED) is 0.656. The van der Waals surface area contributed by atoms with Crippen molar-refractivity contribution in [2.45, 2.75) is 57.5 Å². The van der Waals surface area contributed by atoms with E-state index in [-0.39, 0.29) is 17.4 Å². The van der Waals surface area contributed by atoms with Crippen LogP contribution >= 0.6 is 0 Å². The third-order valence-electron chi connectivity index (χ3n) is 4.12.